The first-order valence-electron chi connectivity index (χ1n) is 12.3. The second kappa shape index (κ2) is 10.3. The largest absolute Gasteiger partial charge is 0.493 e. The molecule has 192 valence electrons. The Kier molecular flexibility index (Phi) is 6.98. The van der Waals surface area contributed by atoms with E-state index >= 15 is 0 Å². The van der Waals surface area contributed by atoms with Gasteiger partial charge in [0.25, 0.3) is 5.91 Å². The number of nitrogens with zero attached hydrogens (tertiary/aromatic N) is 3. The predicted molar refractivity (Wildman–Crippen MR) is 144 cm³/mol. The van der Waals surface area contributed by atoms with Gasteiger partial charge in [0.1, 0.15) is 0 Å². The third-order valence-corrected chi connectivity index (χ3v) is 7.59. The zero-order valence-corrected chi connectivity index (χ0v) is 21.9. The lowest BCUT2D eigenvalue weighted by atomic mass is 9.79. The van der Waals surface area contributed by atoms with Crippen LogP contribution in [-0.2, 0) is 4.79 Å². The first kappa shape index (κ1) is 25.0. The molecule has 0 aliphatic carbocycles. The van der Waals surface area contributed by atoms with Crippen molar-refractivity contribution in [2.45, 2.75) is 12.0 Å². The van der Waals surface area contributed by atoms with Crippen molar-refractivity contribution in [3.63, 3.8) is 0 Å². The molecule has 2 atom stereocenters. The third kappa shape index (κ3) is 4.60. The van der Waals surface area contributed by atoms with Crippen molar-refractivity contribution < 1.29 is 19.1 Å². The molecule has 0 bridgehead atoms. The van der Waals surface area contributed by atoms with Crippen molar-refractivity contribution in [2.75, 3.05) is 52.3 Å². The highest BCUT2D eigenvalue weighted by molar-refractivity contribution is 6.30. The highest BCUT2D eigenvalue weighted by Crippen LogP contribution is 2.44. The molecule has 0 unspecified atom stereocenters. The highest BCUT2D eigenvalue weighted by atomic mass is 35.5. The first-order chi connectivity index (χ1) is 17.9. The molecule has 5 rings (SSSR count). The first-order valence-corrected chi connectivity index (χ1v) is 12.7. The number of benzene rings is 3. The SMILES string of the molecule is COc1ccc([C@H]2[C@@H](C(=O)N3CCN(c4cccc(Cl)c4)CC3)c3ccccc3C(=O)N2C)cc1OC. The molecule has 2 aliphatic heterocycles. The average Bonchev–Trinajstić information content (AvgIpc) is 2.94. The molecule has 0 spiro atoms. The minimum absolute atomic E-state index is 0.0114. The molecule has 3 aromatic rings. The monoisotopic (exact) mass is 519 g/mol. The van der Waals surface area contributed by atoms with Gasteiger partial charge < -0.3 is 24.2 Å². The van der Waals surface area contributed by atoms with E-state index in [4.69, 9.17) is 21.1 Å². The third-order valence-electron chi connectivity index (χ3n) is 7.36. The maximum atomic E-state index is 14.2. The van der Waals surface area contributed by atoms with E-state index in [2.05, 4.69) is 4.90 Å². The van der Waals surface area contributed by atoms with Crippen LogP contribution in [0, 0.1) is 0 Å². The van der Waals surface area contributed by atoms with E-state index in [1.54, 1.807) is 32.2 Å². The lowest BCUT2D eigenvalue weighted by Gasteiger charge is -2.43. The Balaban J connectivity index is 1.48. The molecular weight excluding hydrogens is 490 g/mol. The Morgan fingerprint density at radius 1 is 0.892 bits per heavy atom. The molecule has 37 heavy (non-hydrogen) atoms. The highest BCUT2D eigenvalue weighted by Gasteiger charge is 2.44. The fourth-order valence-electron chi connectivity index (χ4n) is 5.45. The van der Waals surface area contributed by atoms with Crippen LogP contribution in [-0.4, -0.2) is 69.1 Å². The summed E-state index contributed by atoms with van der Waals surface area (Å²) in [6.45, 7) is 2.58. The Labute approximate surface area is 222 Å². The van der Waals surface area contributed by atoms with Crippen LogP contribution in [0.1, 0.15) is 33.4 Å². The van der Waals surface area contributed by atoms with Gasteiger partial charge in [-0.1, -0.05) is 41.9 Å². The van der Waals surface area contributed by atoms with Gasteiger partial charge in [0, 0.05) is 49.5 Å². The summed E-state index contributed by atoms with van der Waals surface area (Å²) >= 11 is 6.19. The standard InChI is InChI=1S/C29H30ClN3O4/c1-31-27(19-11-12-24(36-2)25(17-19)37-3)26(22-9-4-5-10-23(22)28(31)34)29(35)33-15-13-32(14-16-33)21-8-6-7-20(30)18-21/h4-12,17-18,26-27H,13-16H2,1-3H3/t26-,27-/m0/s1. The lowest BCUT2D eigenvalue weighted by molar-refractivity contribution is -0.134. The average molecular weight is 520 g/mol. The van der Waals surface area contributed by atoms with Gasteiger partial charge in [0.05, 0.1) is 26.2 Å². The van der Waals surface area contributed by atoms with Crippen LogP contribution in [0.3, 0.4) is 0 Å². The summed E-state index contributed by atoms with van der Waals surface area (Å²) in [7, 11) is 4.92. The molecule has 1 saturated heterocycles. The van der Waals surface area contributed by atoms with E-state index in [0.29, 0.717) is 48.3 Å². The zero-order valence-electron chi connectivity index (χ0n) is 21.2. The van der Waals surface area contributed by atoms with E-state index in [-0.39, 0.29) is 11.8 Å². The van der Waals surface area contributed by atoms with Gasteiger partial charge in [-0.15, -0.1) is 0 Å². The molecule has 0 aromatic heterocycles. The second-order valence-corrected chi connectivity index (χ2v) is 9.77. The summed E-state index contributed by atoms with van der Waals surface area (Å²) in [6, 6.07) is 20.3. The molecule has 0 N–H and O–H groups in total. The van der Waals surface area contributed by atoms with E-state index in [9.17, 15) is 9.59 Å². The number of methoxy groups -OCH3 is 2. The van der Waals surface area contributed by atoms with Crippen LogP contribution in [0.4, 0.5) is 5.69 Å². The van der Waals surface area contributed by atoms with Crippen LogP contribution in [0.25, 0.3) is 0 Å². The maximum absolute atomic E-state index is 14.2. The van der Waals surface area contributed by atoms with Crippen molar-refractivity contribution in [3.05, 3.63) is 88.4 Å². The summed E-state index contributed by atoms with van der Waals surface area (Å²) in [5.74, 6) is 0.509. The number of likely N-dealkylation sites (N-methyl/N-ethyl adjacent to an activating group) is 1. The summed E-state index contributed by atoms with van der Waals surface area (Å²) in [5.41, 5.74) is 3.19. The molecule has 0 saturated carbocycles. The number of halogens is 1. The Morgan fingerprint density at radius 2 is 1.62 bits per heavy atom. The number of carbonyl (C=O) groups excluding carboxylic acids is 2. The smallest absolute Gasteiger partial charge is 0.254 e. The fourth-order valence-corrected chi connectivity index (χ4v) is 5.63. The van der Waals surface area contributed by atoms with E-state index in [1.165, 1.54) is 0 Å². The van der Waals surface area contributed by atoms with Gasteiger partial charge in [-0.2, -0.15) is 0 Å². The quantitative estimate of drug-likeness (QED) is 0.492. The fraction of sp³-hybridized carbons (Fsp3) is 0.310. The number of carbonyl (C=O) groups is 2. The van der Waals surface area contributed by atoms with Crippen LogP contribution in [0.5, 0.6) is 11.5 Å². The van der Waals surface area contributed by atoms with Crippen molar-refractivity contribution >= 4 is 29.1 Å². The van der Waals surface area contributed by atoms with Gasteiger partial charge in [-0.3, -0.25) is 9.59 Å². The van der Waals surface area contributed by atoms with Crippen LogP contribution < -0.4 is 14.4 Å². The minimum Gasteiger partial charge on any atom is -0.493 e. The number of amides is 2. The minimum atomic E-state index is -0.547. The van der Waals surface area contributed by atoms with E-state index < -0.39 is 12.0 Å². The molecule has 0 radical (unpaired) electrons. The van der Waals surface area contributed by atoms with Gasteiger partial charge in [-0.25, -0.2) is 0 Å². The lowest BCUT2D eigenvalue weighted by Crippen LogP contribution is -2.53. The van der Waals surface area contributed by atoms with E-state index in [0.717, 1.165) is 16.8 Å². The summed E-state index contributed by atoms with van der Waals surface area (Å²) in [6.07, 6.45) is 0. The van der Waals surface area contributed by atoms with Crippen LogP contribution in [0.15, 0.2) is 66.7 Å². The molecular formula is C29H30ClN3O4. The number of ether oxygens (including phenoxy) is 2. The maximum Gasteiger partial charge on any atom is 0.254 e. The van der Waals surface area contributed by atoms with Gasteiger partial charge in [0.2, 0.25) is 5.91 Å². The molecule has 2 aliphatic rings. The summed E-state index contributed by atoms with van der Waals surface area (Å²) < 4.78 is 10.9. The molecule has 1 fully saturated rings. The van der Waals surface area contributed by atoms with Gasteiger partial charge in [-0.05, 0) is 47.5 Å². The Hall–Kier alpha value is -3.71. The summed E-state index contributed by atoms with van der Waals surface area (Å²) in [4.78, 5) is 33.4. The molecule has 8 heteroatoms. The van der Waals surface area contributed by atoms with Crippen molar-refractivity contribution in [3.8, 4) is 11.5 Å². The molecule has 7 nitrogen and oxygen atoms in total. The number of piperazine rings is 1. The zero-order chi connectivity index (χ0) is 26.1. The van der Waals surface area contributed by atoms with Crippen molar-refractivity contribution in [1.29, 1.82) is 0 Å². The molecule has 2 heterocycles. The molecule has 3 aromatic carbocycles. The number of hydrogen-bond donors (Lipinski definition) is 0. The van der Waals surface area contributed by atoms with Crippen LogP contribution in [0.2, 0.25) is 5.02 Å². The molecule has 2 amide bonds. The Bertz CT molecular complexity index is 1320. The van der Waals surface area contributed by atoms with Crippen LogP contribution >= 0.6 is 11.6 Å². The summed E-state index contributed by atoms with van der Waals surface area (Å²) in [5, 5.41) is 0.695. The van der Waals surface area contributed by atoms with Crippen molar-refractivity contribution in [2.24, 2.45) is 0 Å². The second-order valence-electron chi connectivity index (χ2n) is 9.33. The van der Waals surface area contributed by atoms with Crippen molar-refractivity contribution in [1.82, 2.24) is 9.80 Å². The number of rotatable bonds is 5. The normalized spacial score (nSPS) is 19.5. The number of anilines is 1. The van der Waals surface area contributed by atoms with Gasteiger partial charge >= 0.3 is 0 Å². The number of hydrogen-bond acceptors (Lipinski definition) is 5. The Morgan fingerprint density at radius 3 is 2.32 bits per heavy atom. The number of fused-ring (bicyclic) bond motifs is 1. The van der Waals surface area contributed by atoms with E-state index in [1.807, 2.05) is 65.6 Å². The predicted octanol–water partition coefficient (Wildman–Crippen LogP) is 4.62. The van der Waals surface area contributed by atoms with Gasteiger partial charge in [0.15, 0.2) is 11.5 Å². The topological polar surface area (TPSA) is 62.3 Å².